The van der Waals surface area contributed by atoms with Gasteiger partial charge in [0, 0.05) is 34.2 Å². The molecule has 1 saturated heterocycles. The van der Waals surface area contributed by atoms with Crippen molar-refractivity contribution in [2.75, 3.05) is 45.7 Å². The molecular formula is C16H30N4O3S. The normalized spacial score (nSPS) is 25.5. The van der Waals surface area contributed by atoms with E-state index in [0.29, 0.717) is 25.5 Å². The van der Waals surface area contributed by atoms with Crippen LogP contribution in [0.15, 0.2) is 4.99 Å². The predicted octanol–water partition coefficient (Wildman–Crippen LogP) is 0.235. The monoisotopic (exact) mass is 358 g/mol. The van der Waals surface area contributed by atoms with Gasteiger partial charge in [-0.05, 0) is 25.2 Å². The van der Waals surface area contributed by atoms with E-state index in [1.807, 2.05) is 0 Å². The van der Waals surface area contributed by atoms with E-state index in [1.165, 1.54) is 0 Å². The minimum Gasteiger partial charge on any atom is -0.356 e. The zero-order valence-electron chi connectivity index (χ0n) is 15.0. The smallest absolute Gasteiger partial charge is 0.230 e. The van der Waals surface area contributed by atoms with E-state index in [4.69, 9.17) is 0 Å². The van der Waals surface area contributed by atoms with Crippen LogP contribution in [0, 0.1) is 11.3 Å². The molecule has 1 atom stereocenters. The summed E-state index contributed by atoms with van der Waals surface area (Å²) in [7, 11) is 2.44. The molecule has 1 saturated carbocycles. The van der Waals surface area contributed by atoms with Crippen LogP contribution in [0.2, 0.25) is 0 Å². The summed E-state index contributed by atoms with van der Waals surface area (Å²) in [5.74, 6) is 1.48. The molecule has 0 aromatic rings. The van der Waals surface area contributed by atoms with Gasteiger partial charge < -0.3 is 15.5 Å². The molecule has 2 N–H and O–H groups in total. The highest BCUT2D eigenvalue weighted by atomic mass is 32.2. The quantitative estimate of drug-likeness (QED) is 0.542. The summed E-state index contributed by atoms with van der Waals surface area (Å²) in [5.41, 5.74) is -0.349. The van der Waals surface area contributed by atoms with Gasteiger partial charge in [0.25, 0.3) is 0 Å². The van der Waals surface area contributed by atoms with Crippen LogP contribution in [-0.4, -0.2) is 70.9 Å². The van der Waals surface area contributed by atoms with Crippen LogP contribution in [0.5, 0.6) is 0 Å². The summed E-state index contributed by atoms with van der Waals surface area (Å²) in [6, 6.07) is 0. The van der Waals surface area contributed by atoms with Crippen molar-refractivity contribution < 1.29 is 13.2 Å². The molecule has 2 rings (SSSR count). The van der Waals surface area contributed by atoms with Gasteiger partial charge in [-0.1, -0.05) is 12.8 Å². The number of amides is 1. The van der Waals surface area contributed by atoms with Crippen molar-refractivity contribution in [1.29, 1.82) is 0 Å². The summed E-state index contributed by atoms with van der Waals surface area (Å²) >= 11 is 0. The van der Waals surface area contributed by atoms with Gasteiger partial charge in [0.05, 0.1) is 16.9 Å². The van der Waals surface area contributed by atoms with E-state index in [-0.39, 0.29) is 28.7 Å². The first-order chi connectivity index (χ1) is 11.3. The molecule has 138 valence electrons. The van der Waals surface area contributed by atoms with E-state index in [9.17, 15) is 13.2 Å². The number of nitrogens with one attached hydrogen (secondary N) is 2. The molecule has 8 heteroatoms. The van der Waals surface area contributed by atoms with Crippen molar-refractivity contribution in [3.63, 3.8) is 0 Å². The predicted molar refractivity (Wildman–Crippen MR) is 95.7 cm³/mol. The zero-order valence-corrected chi connectivity index (χ0v) is 15.8. The fourth-order valence-electron chi connectivity index (χ4n) is 3.74. The topological polar surface area (TPSA) is 90.9 Å². The molecule has 0 aromatic heterocycles. The fraction of sp³-hybridized carbons (Fsp3) is 0.875. The van der Waals surface area contributed by atoms with E-state index < -0.39 is 9.84 Å². The minimum absolute atomic E-state index is 0.136. The lowest BCUT2D eigenvalue weighted by Gasteiger charge is -2.31. The Labute approximate surface area is 145 Å². The van der Waals surface area contributed by atoms with Crippen LogP contribution in [-0.2, 0) is 14.6 Å². The van der Waals surface area contributed by atoms with E-state index in [2.05, 4.69) is 15.6 Å². The Morgan fingerprint density at radius 3 is 2.42 bits per heavy atom. The average Bonchev–Trinajstić information content (AvgIpc) is 3.14. The Morgan fingerprint density at radius 1 is 1.25 bits per heavy atom. The second-order valence-electron chi connectivity index (χ2n) is 7.26. The van der Waals surface area contributed by atoms with Crippen LogP contribution < -0.4 is 10.6 Å². The maximum absolute atomic E-state index is 12.6. The zero-order chi connectivity index (χ0) is 17.8. The molecular weight excluding hydrogens is 328 g/mol. The molecule has 1 aliphatic carbocycles. The van der Waals surface area contributed by atoms with Crippen LogP contribution >= 0.6 is 0 Å². The highest BCUT2D eigenvalue weighted by molar-refractivity contribution is 7.91. The molecule has 0 aromatic carbocycles. The van der Waals surface area contributed by atoms with E-state index in [1.54, 1.807) is 26.0 Å². The molecule has 0 spiro atoms. The van der Waals surface area contributed by atoms with Crippen LogP contribution in [0.4, 0.5) is 0 Å². The molecule has 2 aliphatic rings. The largest absolute Gasteiger partial charge is 0.356 e. The molecule has 1 heterocycles. The van der Waals surface area contributed by atoms with Gasteiger partial charge in [-0.15, -0.1) is 0 Å². The maximum atomic E-state index is 12.6. The molecule has 1 amide bonds. The first-order valence-electron chi connectivity index (χ1n) is 8.65. The first-order valence-corrected chi connectivity index (χ1v) is 10.5. The lowest BCUT2D eigenvalue weighted by molar-refractivity contribution is -0.138. The van der Waals surface area contributed by atoms with E-state index >= 15 is 0 Å². The average molecular weight is 359 g/mol. The highest BCUT2D eigenvalue weighted by Crippen LogP contribution is 2.38. The lowest BCUT2D eigenvalue weighted by atomic mass is 9.84. The fourth-order valence-corrected chi connectivity index (χ4v) is 5.60. The van der Waals surface area contributed by atoms with Gasteiger partial charge in [0.15, 0.2) is 15.8 Å². The summed E-state index contributed by atoms with van der Waals surface area (Å²) in [4.78, 5) is 18.4. The first kappa shape index (κ1) is 19.0. The Balaban J connectivity index is 1.87. The number of rotatable bonds is 5. The highest BCUT2D eigenvalue weighted by Gasteiger charge is 2.42. The standard InChI is InChI=1S/C16H30N4O3S/c1-17-15(18-10-13-6-9-24(22,23)11-13)19-12-16(7-4-5-8-16)14(21)20(2)3/h13H,4-12H2,1-3H3,(H2,17,18,19). The molecule has 1 unspecified atom stereocenters. The van der Waals surface area contributed by atoms with Crippen LogP contribution in [0.1, 0.15) is 32.1 Å². The van der Waals surface area contributed by atoms with Gasteiger partial charge >= 0.3 is 0 Å². The molecule has 1 aliphatic heterocycles. The van der Waals surface area contributed by atoms with Crippen LogP contribution in [0.25, 0.3) is 0 Å². The van der Waals surface area contributed by atoms with Crippen molar-refractivity contribution >= 4 is 21.7 Å². The van der Waals surface area contributed by atoms with Crippen molar-refractivity contribution in [2.45, 2.75) is 32.1 Å². The third kappa shape index (κ3) is 4.62. The molecule has 24 heavy (non-hydrogen) atoms. The number of carbonyl (C=O) groups excluding carboxylic acids is 1. The second-order valence-corrected chi connectivity index (χ2v) is 9.49. The van der Waals surface area contributed by atoms with Gasteiger partial charge in [0.1, 0.15) is 0 Å². The number of carbonyl (C=O) groups is 1. The number of hydrogen-bond acceptors (Lipinski definition) is 4. The Bertz CT molecular complexity index is 580. The molecule has 7 nitrogen and oxygen atoms in total. The summed E-state index contributed by atoms with van der Waals surface area (Å²) in [6.07, 6.45) is 4.65. The van der Waals surface area contributed by atoms with Crippen molar-refractivity contribution in [3.05, 3.63) is 0 Å². The Morgan fingerprint density at radius 2 is 1.92 bits per heavy atom. The molecule has 0 bridgehead atoms. The summed E-state index contributed by atoms with van der Waals surface area (Å²) in [5, 5.41) is 6.48. The van der Waals surface area contributed by atoms with E-state index in [0.717, 1.165) is 25.7 Å². The van der Waals surface area contributed by atoms with Crippen molar-refractivity contribution in [2.24, 2.45) is 16.3 Å². The molecule has 0 radical (unpaired) electrons. The summed E-state index contributed by atoms with van der Waals surface area (Å²) < 4.78 is 23.0. The van der Waals surface area contributed by atoms with Gasteiger partial charge in [0.2, 0.25) is 5.91 Å². The van der Waals surface area contributed by atoms with Gasteiger partial charge in [-0.3, -0.25) is 9.79 Å². The minimum atomic E-state index is -2.86. The maximum Gasteiger partial charge on any atom is 0.230 e. The second kappa shape index (κ2) is 7.72. The third-order valence-corrected chi connectivity index (χ3v) is 6.96. The van der Waals surface area contributed by atoms with Crippen LogP contribution in [0.3, 0.4) is 0 Å². The Hall–Kier alpha value is -1.31. The lowest BCUT2D eigenvalue weighted by Crippen LogP contribution is -2.49. The Kier molecular flexibility index (Phi) is 6.11. The van der Waals surface area contributed by atoms with Gasteiger partial charge in [-0.2, -0.15) is 0 Å². The van der Waals surface area contributed by atoms with Crippen molar-refractivity contribution in [3.8, 4) is 0 Å². The number of guanidine groups is 1. The van der Waals surface area contributed by atoms with Crippen molar-refractivity contribution in [1.82, 2.24) is 15.5 Å². The SMILES string of the molecule is CN=C(NCC1CCS(=O)(=O)C1)NCC1(C(=O)N(C)C)CCCC1. The number of hydrogen-bond donors (Lipinski definition) is 2. The molecule has 2 fully saturated rings. The number of sulfone groups is 1. The third-order valence-electron chi connectivity index (χ3n) is 5.12. The number of nitrogens with zero attached hydrogens (tertiary/aromatic N) is 2. The summed E-state index contributed by atoms with van der Waals surface area (Å²) in [6.45, 7) is 1.15. The number of aliphatic imine (C=N–C) groups is 1. The van der Waals surface area contributed by atoms with Gasteiger partial charge in [-0.25, -0.2) is 8.42 Å².